The maximum Gasteiger partial charge on any atom is 0.219 e. The van der Waals surface area contributed by atoms with E-state index in [1.807, 2.05) is 0 Å². The van der Waals surface area contributed by atoms with Gasteiger partial charge in [0.1, 0.15) is 11.9 Å². The topological polar surface area (TPSA) is 78.9 Å². The maximum absolute atomic E-state index is 13.1. The lowest BCUT2D eigenvalue weighted by Gasteiger charge is -2.04. The predicted octanol–water partition coefficient (Wildman–Crippen LogP) is 0.985. The molecule has 0 spiro atoms. The van der Waals surface area contributed by atoms with Crippen molar-refractivity contribution < 1.29 is 9.18 Å². The molecule has 0 aromatic heterocycles. The molecule has 0 atom stereocenters. The Morgan fingerprint density at radius 2 is 2.33 bits per heavy atom. The van der Waals surface area contributed by atoms with Crippen LogP contribution in [0.2, 0.25) is 0 Å². The highest BCUT2D eigenvalue weighted by atomic mass is 19.1. The van der Waals surface area contributed by atoms with Crippen molar-refractivity contribution in [1.29, 1.82) is 5.26 Å². The van der Waals surface area contributed by atoms with E-state index in [-0.39, 0.29) is 12.0 Å². The molecule has 0 fully saturated rings. The van der Waals surface area contributed by atoms with E-state index in [0.717, 1.165) is 0 Å². The molecular weight excluding hydrogens is 197 g/mol. The van der Waals surface area contributed by atoms with E-state index < -0.39 is 11.7 Å². The molecule has 4 nitrogen and oxygen atoms in total. The summed E-state index contributed by atoms with van der Waals surface area (Å²) in [7, 11) is 0. The van der Waals surface area contributed by atoms with Crippen molar-refractivity contribution in [2.45, 2.75) is 6.42 Å². The minimum atomic E-state index is -0.582. The van der Waals surface area contributed by atoms with Gasteiger partial charge in [-0.05, 0) is 18.2 Å². The zero-order valence-corrected chi connectivity index (χ0v) is 7.96. The first-order valence-electron chi connectivity index (χ1n) is 4.35. The Hall–Kier alpha value is -2.09. The van der Waals surface area contributed by atoms with Crippen LogP contribution < -0.4 is 11.1 Å². The fourth-order valence-corrected chi connectivity index (χ4v) is 1.05. The molecule has 78 valence electrons. The molecule has 0 aliphatic carbocycles. The zero-order valence-electron chi connectivity index (χ0n) is 7.96. The Labute approximate surface area is 86.5 Å². The van der Waals surface area contributed by atoms with E-state index in [0.29, 0.717) is 12.2 Å². The summed E-state index contributed by atoms with van der Waals surface area (Å²) in [5.74, 6) is -1.00. The second-order valence-electron chi connectivity index (χ2n) is 2.95. The van der Waals surface area contributed by atoms with Crippen LogP contribution in [0.15, 0.2) is 18.2 Å². The number of hydrogen-bond acceptors (Lipinski definition) is 3. The largest absolute Gasteiger partial charge is 0.384 e. The number of hydrogen-bond donors (Lipinski definition) is 2. The zero-order chi connectivity index (χ0) is 11.3. The lowest BCUT2D eigenvalue weighted by Crippen LogP contribution is -2.15. The molecule has 1 rings (SSSR count). The summed E-state index contributed by atoms with van der Waals surface area (Å²) in [6, 6.07) is 5.88. The summed E-state index contributed by atoms with van der Waals surface area (Å²) < 4.78 is 13.1. The molecule has 0 aliphatic heterocycles. The van der Waals surface area contributed by atoms with Gasteiger partial charge in [-0.15, -0.1) is 0 Å². The lowest BCUT2D eigenvalue weighted by atomic mass is 10.2. The minimum Gasteiger partial charge on any atom is -0.384 e. The second-order valence-corrected chi connectivity index (χ2v) is 2.95. The molecule has 15 heavy (non-hydrogen) atoms. The highest BCUT2D eigenvalue weighted by Gasteiger charge is 2.02. The standard InChI is InChI=1S/C10H10FN3O/c11-9-5-8(2-1-7(9)6-12)14-4-3-10(13)15/h1-2,5,14H,3-4H2,(H2,13,15). The van der Waals surface area contributed by atoms with E-state index in [1.54, 1.807) is 12.1 Å². The highest BCUT2D eigenvalue weighted by molar-refractivity contribution is 5.74. The molecule has 0 radical (unpaired) electrons. The Balaban J connectivity index is 2.60. The van der Waals surface area contributed by atoms with Crippen LogP contribution >= 0.6 is 0 Å². The number of amides is 1. The van der Waals surface area contributed by atoms with Crippen molar-refractivity contribution in [2.75, 3.05) is 11.9 Å². The molecule has 1 aromatic carbocycles. The summed E-state index contributed by atoms with van der Waals surface area (Å²) in [4.78, 5) is 10.4. The molecule has 1 aromatic rings. The normalized spacial score (nSPS) is 9.33. The van der Waals surface area contributed by atoms with Crippen molar-refractivity contribution in [3.8, 4) is 6.07 Å². The van der Waals surface area contributed by atoms with Crippen LogP contribution in [0.3, 0.4) is 0 Å². The van der Waals surface area contributed by atoms with E-state index in [2.05, 4.69) is 5.32 Å². The minimum absolute atomic E-state index is 0.00421. The number of carbonyl (C=O) groups is 1. The smallest absolute Gasteiger partial charge is 0.219 e. The molecule has 0 saturated carbocycles. The van der Waals surface area contributed by atoms with E-state index in [1.165, 1.54) is 12.1 Å². The number of benzene rings is 1. The molecule has 0 saturated heterocycles. The van der Waals surface area contributed by atoms with Gasteiger partial charge in [0.05, 0.1) is 5.56 Å². The van der Waals surface area contributed by atoms with Gasteiger partial charge in [0, 0.05) is 18.7 Å². The summed E-state index contributed by atoms with van der Waals surface area (Å²) in [5, 5.41) is 11.3. The third-order valence-electron chi connectivity index (χ3n) is 1.79. The van der Waals surface area contributed by atoms with Crippen molar-refractivity contribution in [3.63, 3.8) is 0 Å². The molecule has 1 amide bonds. The van der Waals surface area contributed by atoms with E-state index >= 15 is 0 Å². The number of primary amides is 1. The molecular formula is C10H10FN3O. The van der Waals surface area contributed by atoms with Crippen molar-refractivity contribution in [1.82, 2.24) is 0 Å². The lowest BCUT2D eigenvalue weighted by molar-refractivity contribution is -0.117. The van der Waals surface area contributed by atoms with Crippen LogP contribution in [0.1, 0.15) is 12.0 Å². The molecule has 0 unspecified atom stereocenters. The third-order valence-corrected chi connectivity index (χ3v) is 1.79. The van der Waals surface area contributed by atoms with Crippen LogP contribution in [0, 0.1) is 17.1 Å². The number of carbonyl (C=O) groups excluding carboxylic acids is 1. The van der Waals surface area contributed by atoms with Crippen LogP contribution in [-0.2, 0) is 4.79 Å². The number of rotatable bonds is 4. The average molecular weight is 207 g/mol. The van der Waals surface area contributed by atoms with Gasteiger partial charge < -0.3 is 11.1 Å². The van der Waals surface area contributed by atoms with Crippen molar-refractivity contribution in [3.05, 3.63) is 29.6 Å². The number of nitrogens with two attached hydrogens (primary N) is 1. The quantitative estimate of drug-likeness (QED) is 0.772. The van der Waals surface area contributed by atoms with Crippen LogP contribution in [0.5, 0.6) is 0 Å². The fraction of sp³-hybridized carbons (Fsp3) is 0.200. The summed E-state index contributed by atoms with van der Waals surface area (Å²) in [6.45, 7) is 0.348. The average Bonchev–Trinajstić information content (AvgIpc) is 2.17. The number of halogens is 1. The Kier molecular flexibility index (Phi) is 3.63. The SMILES string of the molecule is N#Cc1ccc(NCCC(N)=O)cc1F. The third kappa shape index (κ3) is 3.27. The van der Waals surface area contributed by atoms with Gasteiger partial charge in [-0.1, -0.05) is 0 Å². The summed E-state index contributed by atoms with van der Waals surface area (Å²) >= 11 is 0. The highest BCUT2D eigenvalue weighted by Crippen LogP contribution is 2.13. The number of nitrogens with zero attached hydrogens (tertiary/aromatic N) is 1. The van der Waals surface area contributed by atoms with E-state index in [9.17, 15) is 9.18 Å². The first-order valence-corrected chi connectivity index (χ1v) is 4.35. The summed E-state index contributed by atoms with van der Waals surface area (Å²) in [5.41, 5.74) is 5.45. The Bertz CT molecular complexity index is 412. The first kappa shape index (κ1) is 11.0. The Morgan fingerprint density at radius 1 is 1.60 bits per heavy atom. The number of nitrogens with one attached hydrogen (secondary N) is 1. The maximum atomic E-state index is 13.1. The monoisotopic (exact) mass is 207 g/mol. The second kappa shape index (κ2) is 4.96. The van der Waals surface area contributed by atoms with Crippen LogP contribution in [0.25, 0.3) is 0 Å². The molecule has 0 heterocycles. The van der Waals surface area contributed by atoms with Crippen molar-refractivity contribution >= 4 is 11.6 Å². The predicted molar refractivity (Wildman–Crippen MR) is 53.4 cm³/mol. The summed E-state index contributed by atoms with van der Waals surface area (Å²) in [6.07, 6.45) is 0.182. The molecule has 3 N–H and O–H groups in total. The fourth-order valence-electron chi connectivity index (χ4n) is 1.05. The van der Waals surface area contributed by atoms with Gasteiger partial charge in [0.15, 0.2) is 0 Å². The van der Waals surface area contributed by atoms with Crippen LogP contribution in [0.4, 0.5) is 10.1 Å². The van der Waals surface area contributed by atoms with E-state index in [4.69, 9.17) is 11.0 Å². The van der Waals surface area contributed by atoms with Gasteiger partial charge in [0.2, 0.25) is 5.91 Å². The molecule has 0 aliphatic rings. The van der Waals surface area contributed by atoms with Gasteiger partial charge in [0.25, 0.3) is 0 Å². The van der Waals surface area contributed by atoms with Gasteiger partial charge in [-0.25, -0.2) is 4.39 Å². The number of anilines is 1. The van der Waals surface area contributed by atoms with Gasteiger partial charge in [-0.2, -0.15) is 5.26 Å². The first-order chi connectivity index (χ1) is 7.13. The Morgan fingerprint density at radius 3 is 2.87 bits per heavy atom. The van der Waals surface area contributed by atoms with Gasteiger partial charge >= 0.3 is 0 Å². The number of nitriles is 1. The van der Waals surface area contributed by atoms with Crippen molar-refractivity contribution in [2.24, 2.45) is 5.73 Å². The van der Waals surface area contributed by atoms with Gasteiger partial charge in [-0.3, -0.25) is 4.79 Å². The van der Waals surface area contributed by atoms with Crippen LogP contribution in [-0.4, -0.2) is 12.5 Å². The molecule has 5 heteroatoms. The molecule has 0 bridgehead atoms.